The van der Waals surface area contributed by atoms with Crippen molar-refractivity contribution in [3.63, 3.8) is 0 Å². The Morgan fingerprint density at radius 2 is 1.03 bits per heavy atom. The third kappa shape index (κ3) is 3.15. The fourth-order valence-corrected chi connectivity index (χ4v) is 5.61. The molecule has 0 radical (unpaired) electrons. The lowest BCUT2D eigenvalue weighted by molar-refractivity contribution is 1.00. The van der Waals surface area contributed by atoms with Crippen molar-refractivity contribution in [1.82, 2.24) is 9.55 Å². The van der Waals surface area contributed by atoms with Gasteiger partial charge in [0.2, 0.25) is 0 Å². The first kappa shape index (κ1) is 20.7. The number of para-hydroxylation sites is 2. The van der Waals surface area contributed by atoms with Gasteiger partial charge in [0.25, 0.3) is 0 Å². The molecule has 0 saturated heterocycles. The molecule has 7 aromatic rings. The van der Waals surface area contributed by atoms with Crippen molar-refractivity contribution in [2.75, 3.05) is 0 Å². The van der Waals surface area contributed by atoms with Gasteiger partial charge in [0.15, 0.2) is 0 Å². The van der Waals surface area contributed by atoms with E-state index in [-0.39, 0.29) is 0 Å². The monoisotopic (exact) mass is 460 g/mol. The van der Waals surface area contributed by atoms with Gasteiger partial charge in [0.1, 0.15) is 5.82 Å². The second-order valence-electron chi connectivity index (χ2n) is 9.24. The van der Waals surface area contributed by atoms with Crippen LogP contribution in [0.5, 0.6) is 0 Å². The molecule has 1 aromatic heterocycles. The maximum Gasteiger partial charge on any atom is 0.111 e. The number of aromatic nitrogens is 2. The highest BCUT2D eigenvalue weighted by Crippen LogP contribution is 2.44. The molecule has 36 heavy (non-hydrogen) atoms. The number of benzene rings is 6. The van der Waals surface area contributed by atoms with E-state index in [1.54, 1.807) is 0 Å². The van der Waals surface area contributed by atoms with Crippen LogP contribution in [0.15, 0.2) is 127 Å². The number of rotatable bonds is 3. The fraction of sp³-hybridized carbons (Fsp3) is 0.0294. The van der Waals surface area contributed by atoms with Crippen molar-refractivity contribution in [3.05, 3.63) is 133 Å². The fourth-order valence-electron chi connectivity index (χ4n) is 5.61. The predicted octanol–water partition coefficient (Wildman–Crippen LogP) is 8.97. The van der Waals surface area contributed by atoms with Crippen molar-refractivity contribution in [2.45, 2.75) is 6.92 Å². The van der Waals surface area contributed by atoms with Gasteiger partial charge in [-0.25, -0.2) is 4.98 Å². The Hall–Kier alpha value is -4.69. The molecule has 0 spiro atoms. The number of imidazole rings is 1. The molecule has 0 amide bonds. The van der Waals surface area contributed by atoms with Gasteiger partial charge in [-0.1, -0.05) is 103 Å². The molecule has 0 aliphatic carbocycles. The number of hydrogen-bond acceptors (Lipinski definition) is 1. The van der Waals surface area contributed by atoms with E-state index in [1.165, 1.54) is 43.8 Å². The summed E-state index contributed by atoms with van der Waals surface area (Å²) >= 11 is 0. The van der Waals surface area contributed by atoms with E-state index in [4.69, 9.17) is 4.98 Å². The molecule has 2 heteroatoms. The van der Waals surface area contributed by atoms with E-state index in [9.17, 15) is 0 Å². The Morgan fingerprint density at radius 3 is 1.69 bits per heavy atom. The summed E-state index contributed by atoms with van der Waals surface area (Å²) in [7, 11) is 0. The first-order valence-corrected chi connectivity index (χ1v) is 12.3. The van der Waals surface area contributed by atoms with Gasteiger partial charge in [0, 0.05) is 5.69 Å². The van der Waals surface area contributed by atoms with Crippen LogP contribution in [0.25, 0.3) is 60.5 Å². The predicted molar refractivity (Wildman–Crippen MR) is 152 cm³/mol. The molecule has 0 fully saturated rings. The van der Waals surface area contributed by atoms with Gasteiger partial charge < -0.3 is 0 Å². The van der Waals surface area contributed by atoms with Gasteiger partial charge in [-0.05, 0) is 75.0 Å². The lowest BCUT2D eigenvalue weighted by atomic mass is 9.86. The number of hydrogen-bond donors (Lipinski definition) is 0. The Balaban J connectivity index is 1.65. The zero-order chi connectivity index (χ0) is 24.1. The van der Waals surface area contributed by atoms with Crippen LogP contribution in [0, 0.1) is 6.92 Å². The average molecular weight is 461 g/mol. The zero-order valence-corrected chi connectivity index (χ0v) is 20.0. The largest absolute Gasteiger partial charge is 0.297 e. The summed E-state index contributed by atoms with van der Waals surface area (Å²) in [5.74, 6) is 0.987. The van der Waals surface area contributed by atoms with Crippen LogP contribution < -0.4 is 0 Å². The number of aryl methyl sites for hydroxylation is 1. The minimum Gasteiger partial charge on any atom is -0.297 e. The number of nitrogens with zero attached hydrogens (tertiary/aromatic N) is 2. The van der Waals surface area contributed by atoms with Gasteiger partial charge in [-0.3, -0.25) is 4.57 Å². The topological polar surface area (TPSA) is 17.8 Å². The summed E-state index contributed by atoms with van der Waals surface area (Å²) < 4.78 is 2.26. The lowest BCUT2D eigenvalue weighted by Crippen LogP contribution is -1.98. The third-order valence-corrected chi connectivity index (χ3v) is 7.12. The molecule has 0 unspecified atom stereocenters. The molecule has 0 aliphatic rings. The normalized spacial score (nSPS) is 11.5. The van der Waals surface area contributed by atoms with Crippen LogP contribution in [0.3, 0.4) is 0 Å². The Kier molecular flexibility index (Phi) is 4.71. The lowest BCUT2D eigenvalue weighted by Gasteiger charge is -2.19. The summed E-state index contributed by atoms with van der Waals surface area (Å²) in [5, 5.41) is 5.03. The second-order valence-corrected chi connectivity index (χ2v) is 9.24. The smallest absolute Gasteiger partial charge is 0.111 e. The molecule has 0 aliphatic heterocycles. The first-order chi connectivity index (χ1) is 17.8. The van der Waals surface area contributed by atoms with Crippen LogP contribution in [0.4, 0.5) is 0 Å². The highest BCUT2D eigenvalue weighted by atomic mass is 15.1. The maximum absolute atomic E-state index is 4.83. The van der Waals surface area contributed by atoms with Gasteiger partial charge in [-0.2, -0.15) is 0 Å². The minimum absolute atomic E-state index is 0.987. The Labute approximate surface area is 210 Å². The van der Waals surface area contributed by atoms with Gasteiger partial charge in [0.05, 0.1) is 11.0 Å². The van der Waals surface area contributed by atoms with E-state index in [0.29, 0.717) is 0 Å². The van der Waals surface area contributed by atoms with E-state index in [1.807, 2.05) is 6.07 Å². The van der Waals surface area contributed by atoms with Crippen LogP contribution >= 0.6 is 0 Å². The van der Waals surface area contributed by atoms with Crippen molar-refractivity contribution >= 4 is 32.6 Å². The molecule has 0 saturated carbocycles. The number of fused-ring (bicyclic) bond motifs is 3. The van der Waals surface area contributed by atoms with Crippen LogP contribution in [0.2, 0.25) is 0 Å². The molecule has 1 heterocycles. The molecule has 2 nitrogen and oxygen atoms in total. The maximum atomic E-state index is 4.83. The summed E-state index contributed by atoms with van der Waals surface area (Å²) in [6.45, 7) is 2.08. The third-order valence-electron chi connectivity index (χ3n) is 7.12. The summed E-state index contributed by atoms with van der Waals surface area (Å²) in [5.41, 5.74) is 8.27. The standard InChI is InChI=1S/C34H24N2/c1-23-35-31-18-10-11-19-32(31)36(23)26-20-21-29-30(22-26)34(25-14-6-3-7-15-25)28-17-9-8-16-27(28)33(29)24-12-4-2-5-13-24/h2-22H,1H3. The highest BCUT2D eigenvalue weighted by Gasteiger charge is 2.18. The van der Waals surface area contributed by atoms with Crippen molar-refractivity contribution in [1.29, 1.82) is 0 Å². The van der Waals surface area contributed by atoms with Crippen molar-refractivity contribution < 1.29 is 0 Å². The molecule has 0 atom stereocenters. The minimum atomic E-state index is 0.987. The first-order valence-electron chi connectivity index (χ1n) is 12.3. The summed E-state index contributed by atoms with van der Waals surface area (Å²) in [6.07, 6.45) is 0. The Bertz CT molecular complexity index is 1880. The molecular weight excluding hydrogens is 436 g/mol. The van der Waals surface area contributed by atoms with Crippen LogP contribution in [-0.2, 0) is 0 Å². The molecule has 6 aromatic carbocycles. The average Bonchev–Trinajstić information content (AvgIpc) is 3.28. The zero-order valence-electron chi connectivity index (χ0n) is 20.0. The molecule has 0 N–H and O–H groups in total. The molecule has 170 valence electrons. The van der Waals surface area contributed by atoms with Crippen LogP contribution in [0.1, 0.15) is 5.82 Å². The van der Waals surface area contributed by atoms with E-state index >= 15 is 0 Å². The van der Waals surface area contributed by atoms with Crippen molar-refractivity contribution in [2.24, 2.45) is 0 Å². The Morgan fingerprint density at radius 1 is 0.500 bits per heavy atom. The highest BCUT2D eigenvalue weighted by molar-refractivity contribution is 6.21. The molecule has 7 rings (SSSR count). The molecular formula is C34H24N2. The second kappa shape index (κ2) is 8.21. The van der Waals surface area contributed by atoms with Crippen LogP contribution in [-0.4, -0.2) is 9.55 Å². The van der Waals surface area contributed by atoms with Gasteiger partial charge >= 0.3 is 0 Å². The quantitative estimate of drug-likeness (QED) is 0.241. The molecule has 0 bridgehead atoms. The SMILES string of the molecule is Cc1nc2ccccc2n1-c1ccc2c(-c3ccccc3)c3ccccc3c(-c3ccccc3)c2c1. The van der Waals surface area contributed by atoms with E-state index < -0.39 is 0 Å². The van der Waals surface area contributed by atoms with Crippen molar-refractivity contribution in [3.8, 4) is 27.9 Å². The summed E-state index contributed by atoms with van der Waals surface area (Å²) in [6, 6.07) is 45.5. The van der Waals surface area contributed by atoms with E-state index in [0.717, 1.165) is 22.5 Å². The van der Waals surface area contributed by atoms with E-state index in [2.05, 4.69) is 133 Å². The van der Waals surface area contributed by atoms with Gasteiger partial charge in [-0.15, -0.1) is 0 Å². The summed E-state index contributed by atoms with van der Waals surface area (Å²) in [4.78, 5) is 4.83.